The highest BCUT2D eigenvalue weighted by Crippen LogP contribution is 2.77. The first kappa shape index (κ1) is 41.8. The second kappa shape index (κ2) is 16.8. The van der Waals surface area contributed by atoms with Crippen LogP contribution in [0.1, 0.15) is 210 Å². The molecule has 0 spiro atoms. The summed E-state index contributed by atoms with van der Waals surface area (Å²) in [6, 6.07) is 0. The lowest BCUT2D eigenvalue weighted by molar-refractivity contribution is -0.249. The molecule has 0 aromatic heterocycles. The summed E-state index contributed by atoms with van der Waals surface area (Å²) in [7, 11) is 0. The van der Waals surface area contributed by atoms with Gasteiger partial charge in [0.05, 0.1) is 6.42 Å². The van der Waals surface area contributed by atoms with Crippen molar-refractivity contribution in [3.63, 3.8) is 0 Å². The van der Waals surface area contributed by atoms with Crippen LogP contribution in [0.5, 0.6) is 0 Å². The lowest BCUT2D eigenvalue weighted by Crippen LogP contribution is -2.66. The highest BCUT2D eigenvalue weighted by atomic mass is 16.6. The molecule has 11 atom stereocenters. The number of carbonyl (C=O) groups excluding carboxylic acids is 3. The van der Waals surface area contributed by atoms with Crippen LogP contribution in [0.4, 0.5) is 0 Å². The number of hydrogen-bond acceptors (Lipinski definition) is 5. The number of carbonyl (C=O) groups is 3. The van der Waals surface area contributed by atoms with E-state index in [1.54, 1.807) is 0 Å². The summed E-state index contributed by atoms with van der Waals surface area (Å²) < 4.78 is 12.1. The molecular weight excluding hydrogens is 645 g/mol. The molecule has 0 radical (unpaired) electrons. The van der Waals surface area contributed by atoms with Gasteiger partial charge in [0.25, 0.3) is 0 Å². The monoisotopic (exact) mass is 725 g/mol. The van der Waals surface area contributed by atoms with Crippen LogP contribution in [0.3, 0.4) is 0 Å². The smallest absolute Gasteiger partial charge is 0.309 e. The minimum absolute atomic E-state index is 0.112. The van der Waals surface area contributed by atoms with Gasteiger partial charge in [-0.05, 0) is 129 Å². The van der Waals surface area contributed by atoms with E-state index in [4.69, 9.17) is 9.47 Å². The molecule has 52 heavy (non-hydrogen) atoms. The number of rotatable bonds is 17. The number of Topliss-reactive ketones (excluding diaryl/α,β-unsaturated/α-hetero) is 1. The molecule has 5 nitrogen and oxygen atoms in total. The van der Waals surface area contributed by atoms with Gasteiger partial charge in [0.2, 0.25) is 0 Å². The Bertz CT molecular complexity index is 1240. The molecule has 0 N–H and O–H groups in total. The summed E-state index contributed by atoms with van der Waals surface area (Å²) in [5.74, 6) is 2.51. The Balaban J connectivity index is 1.17. The Kier molecular flexibility index (Phi) is 13.5. The van der Waals surface area contributed by atoms with Gasteiger partial charge in [0, 0.05) is 18.3 Å². The van der Waals surface area contributed by atoms with Gasteiger partial charge in [-0.3, -0.25) is 14.4 Å². The quantitative estimate of drug-likeness (QED) is 0.110. The molecule has 5 aliphatic rings. The van der Waals surface area contributed by atoms with Crippen molar-refractivity contribution in [1.82, 2.24) is 0 Å². The lowest BCUT2D eigenvalue weighted by atomic mass is 9.32. The van der Waals surface area contributed by atoms with E-state index in [2.05, 4.69) is 48.5 Å². The number of ether oxygens (including phenoxy) is 2. The maximum atomic E-state index is 13.6. The van der Waals surface area contributed by atoms with Crippen molar-refractivity contribution in [1.29, 1.82) is 0 Å². The molecule has 0 amide bonds. The number of hydrogen-bond donors (Lipinski definition) is 0. The van der Waals surface area contributed by atoms with Gasteiger partial charge < -0.3 is 9.47 Å². The Morgan fingerprint density at radius 2 is 1.29 bits per heavy atom. The van der Waals surface area contributed by atoms with Crippen LogP contribution >= 0.6 is 0 Å². The fourth-order valence-corrected chi connectivity index (χ4v) is 14.4. The highest BCUT2D eigenvalue weighted by molar-refractivity contribution is 5.79. The summed E-state index contributed by atoms with van der Waals surface area (Å²) >= 11 is 0. The van der Waals surface area contributed by atoms with E-state index in [-0.39, 0.29) is 52.0 Å². The molecule has 0 aromatic carbocycles. The molecule has 0 saturated heterocycles. The first-order chi connectivity index (χ1) is 24.5. The van der Waals surface area contributed by atoms with Crippen LogP contribution in [0, 0.1) is 56.7 Å². The zero-order valence-electron chi connectivity index (χ0n) is 35.3. The fraction of sp³-hybridized carbons (Fsp3) is 0.936. The number of unbranched alkanes of at least 4 members (excludes halogenated alkanes) is 10. The molecule has 5 heteroatoms. The van der Waals surface area contributed by atoms with Crippen LogP contribution in [0.25, 0.3) is 0 Å². The second-order valence-electron chi connectivity index (χ2n) is 20.7. The van der Waals surface area contributed by atoms with Crippen molar-refractivity contribution in [3.8, 4) is 0 Å². The number of ketones is 1. The van der Waals surface area contributed by atoms with E-state index >= 15 is 0 Å². The van der Waals surface area contributed by atoms with Gasteiger partial charge in [-0.1, -0.05) is 113 Å². The summed E-state index contributed by atoms with van der Waals surface area (Å²) in [5, 5.41) is 0. The molecule has 298 valence electrons. The predicted molar refractivity (Wildman–Crippen MR) is 212 cm³/mol. The minimum atomic E-state index is -0.397. The third kappa shape index (κ3) is 8.10. The molecule has 0 aromatic rings. The van der Waals surface area contributed by atoms with Gasteiger partial charge in [0.1, 0.15) is 18.0 Å². The van der Waals surface area contributed by atoms with Crippen molar-refractivity contribution in [2.75, 3.05) is 0 Å². The standard InChI is InChI=1S/C47H80O5/c1-10-11-12-13-14-15-16-17-18-19-20-21-35(51-34(3)49)32-41(50)52-40-26-28-45(7)38(43(40,4)5)25-29-47(9)39(45)23-22-37-42-36(33(2)48)24-27-44(42,6)30-31-46(37,47)8/h35-40,42H,10-32H2,1-9H3/t35?,36-,37+,38-,39+,40-,42+,44+,45-,46+,47+/m0/s1. The van der Waals surface area contributed by atoms with Crippen LogP contribution in [-0.2, 0) is 23.9 Å². The zero-order chi connectivity index (χ0) is 38.0. The molecule has 5 fully saturated rings. The van der Waals surface area contributed by atoms with E-state index in [1.807, 2.05) is 6.92 Å². The first-order valence-corrected chi connectivity index (χ1v) is 22.4. The van der Waals surface area contributed by atoms with Gasteiger partial charge >= 0.3 is 11.9 Å². The van der Waals surface area contributed by atoms with Crippen molar-refractivity contribution < 1.29 is 23.9 Å². The van der Waals surface area contributed by atoms with Crippen LogP contribution in [-0.4, -0.2) is 29.9 Å². The third-order valence-corrected chi connectivity index (χ3v) is 17.4. The molecular formula is C47H80O5. The number of fused-ring (bicyclic) bond motifs is 7. The summed E-state index contributed by atoms with van der Waals surface area (Å²) in [6.07, 6.45) is 26.2. The fourth-order valence-electron chi connectivity index (χ4n) is 14.4. The normalized spacial score (nSPS) is 39.7. The second-order valence-corrected chi connectivity index (χ2v) is 20.7. The van der Waals surface area contributed by atoms with Crippen molar-refractivity contribution in [2.24, 2.45) is 56.7 Å². The van der Waals surface area contributed by atoms with E-state index in [9.17, 15) is 14.4 Å². The molecule has 5 saturated carbocycles. The number of esters is 2. The molecule has 1 unspecified atom stereocenters. The minimum Gasteiger partial charge on any atom is -0.462 e. The molecule has 5 rings (SSSR count). The molecule has 0 bridgehead atoms. The van der Waals surface area contributed by atoms with Crippen LogP contribution in [0.15, 0.2) is 0 Å². The summed E-state index contributed by atoms with van der Waals surface area (Å²) in [4.78, 5) is 38.5. The van der Waals surface area contributed by atoms with E-state index < -0.39 is 6.10 Å². The Morgan fingerprint density at radius 3 is 1.90 bits per heavy atom. The topological polar surface area (TPSA) is 69.7 Å². The van der Waals surface area contributed by atoms with Gasteiger partial charge in [-0.25, -0.2) is 0 Å². The summed E-state index contributed by atoms with van der Waals surface area (Å²) in [6.45, 7) is 20.8. The first-order valence-electron chi connectivity index (χ1n) is 22.4. The van der Waals surface area contributed by atoms with Crippen molar-refractivity contribution in [3.05, 3.63) is 0 Å². The van der Waals surface area contributed by atoms with Gasteiger partial charge in [-0.2, -0.15) is 0 Å². The van der Waals surface area contributed by atoms with Crippen LogP contribution < -0.4 is 0 Å². The highest BCUT2D eigenvalue weighted by Gasteiger charge is 2.70. The Labute approximate surface area is 319 Å². The largest absolute Gasteiger partial charge is 0.462 e. The van der Waals surface area contributed by atoms with E-state index in [0.717, 1.165) is 38.5 Å². The summed E-state index contributed by atoms with van der Waals surface area (Å²) in [5.41, 5.74) is 0.941. The van der Waals surface area contributed by atoms with Gasteiger partial charge in [0.15, 0.2) is 0 Å². The predicted octanol–water partition coefficient (Wildman–Crippen LogP) is 12.6. The van der Waals surface area contributed by atoms with Crippen molar-refractivity contribution >= 4 is 17.7 Å². The average molecular weight is 725 g/mol. The van der Waals surface area contributed by atoms with E-state index in [0.29, 0.717) is 34.9 Å². The third-order valence-electron chi connectivity index (χ3n) is 17.4. The lowest BCUT2D eigenvalue weighted by Gasteiger charge is -2.72. The van der Waals surface area contributed by atoms with Crippen LogP contribution in [0.2, 0.25) is 0 Å². The SMILES string of the molecule is CCCCCCCCCCCCCC(CC(=O)O[C@H]1CC[C@]2(C)[C@H]3CC[C@@H]4[C@H]5[C@H](C(C)=O)CC[C@]5(C)CC[C@@]4(C)[C@]3(C)CC[C@H]2C1(C)C)OC(C)=O. The van der Waals surface area contributed by atoms with E-state index in [1.165, 1.54) is 110 Å². The average Bonchev–Trinajstić information content (AvgIpc) is 3.43. The maximum Gasteiger partial charge on any atom is 0.309 e. The molecule has 0 aliphatic heterocycles. The maximum absolute atomic E-state index is 13.6. The van der Waals surface area contributed by atoms with Crippen molar-refractivity contribution in [2.45, 2.75) is 222 Å². The Morgan fingerprint density at radius 1 is 0.654 bits per heavy atom. The van der Waals surface area contributed by atoms with Gasteiger partial charge in [-0.15, -0.1) is 0 Å². The molecule has 5 aliphatic carbocycles. The Hall–Kier alpha value is -1.39. The molecule has 0 heterocycles. The zero-order valence-corrected chi connectivity index (χ0v) is 35.3.